The SMILES string of the molecule is COc1cccc(-c2nnsc2C(=O)N2CCN(Cc3ccccc3)CC2)c1. The smallest absolute Gasteiger partial charge is 0.267 e. The Kier molecular flexibility index (Phi) is 5.64. The molecular weight excluding hydrogens is 372 g/mol. The van der Waals surface area contributed by atoms with Crippen LogP contribution in [0.5, 0.6) is 5.75 Å². The number of carbonyl (C=O) groups is 1. The number of hydrogen-bond acceptors (Lipinski definition) is 6. The summed E-state index contributed by atoms with van der Waals surface area (Å²) in [6.45, 7) is 4.06. The van der Waals surface area contributed by atoms with Gasteiger partial charge in [-0.05, 0) is 29.2 Å². The van der Waals surface area contributed by atoms with Crippen molar-refractivity contribution in [3.63, 3.8) is 0 Å². The maximum atomic E-state index is 13.1. The summed E-state index contributed by atoms with van der Waals surface area (Å²) in [7, 11) is 1.62. The first-order chi connectivity index (χ1) is 13.7. The zero-order chi connectivity index (χ0) is 19.3. The first-order valence-corrected chi connectivity index (χ1v) is 10.0. The van der Waals surface area contributed by atoms with Gasteiger partial charge in [0.2, 0.25) is 0 Å². The van der Waals surface area contributed by atoms with E-state index in [1.165, 1.54) is 5.56 Å². The van der Waals surface area contributed by atoms with Crippen LogP contribution in [0.2, 0.25) is 0 Å². The molecule has 1 aliphatic heterocycles. The maximum Gasteiger partial charge on any atom is 0.267 e. The largest absolute Gasteiger partial charge is 0.497 e. The lowest BCUT2D eigenvalue weighted by Gasteiger charge is -2.34. The zero-order valence-electron chi connectivity index (χ0n) is 15.7. The van der Waals surface area contributed by atoms with Gasteiger partial charge in [-0.2, -0.15) is 0 Å². The summed E-state index contributed by atoms with van der Waals surface area (Å²) in [6, 6.07) is 18.0. The fourth-order valence-electron chi connectivity index (χ4n) is 3.38. The van der Waals surface area contributed by atoms with Gasteiger partial charge >= 0.3 is 0 Å². The Morgan fingerprint density at radius 3 is 2.61 bits per heavy atom. The van der Waals surface area contributed by atoms with E-state index in [0.717, 1.165) is 42.5 Å². The second-order valence-electron chi connectivity index (χ2n) is 6.74. The Morgan fingerprint density at radius 1 is 1.07 bits per heavy atom. The van der Waals surface area contributed by atoms with E-state index < -0.39 is 0 Å². The summed E-state index contributed by atoms with van der Waals surface area (Å²) in [6.07, 6.45) is 0. The molecule has 4 rings (SSSR count). The highest BCUT2D eigenvalue weighted by molar-refractivity contribution is 7.08. The number of hydrogen-bond donors (Lipinski definition) is 0. The highest BCUT2D eigenvalue weighted by Gasteiger charge is 2.26. The van der Waals surface area contributed by atoms with Crippen LogP contribution in [-0.4, -0.2) is 58.6 Å². The molecule has 144 valence electrons. The molecule has 0 N–H and O–H groups in total. The molecule has 0 unspecified atom stereocenters. The van der Waals surface area contributed by atoms with Crippen molar-refractivity contribution in [3.8, 4) is 17.0 Å². The normalized spacial score (nSPS) is 14.8. The molecular formula is C21H22N4O2S. The van der Waals surface area contributed by atoms with E-state index in [4.69, 9.17) is 4.74 Å². The van der Waals surface area contributed by atoms with E-state index in [0.29, 0.717) is 23.7 Å². The average Bonchev–Trinajstić information content (AvgIpc) is 3.24. The summed E-state index contributed by atoms with van der Waals surface area (Å²) < 4.78 is 9.32. The van der Waals surface area contributed by atoms with Gasteiger partial charge in [0.05, 0.1) is 7.11 Å². The minimum atomic E-state index is 0.00665. The van der Waals surface area contributed by atoms with Crippen molar-refractivity contribution >= 4 is 17.4 Å². The fraction of sp³-hybridized carbons (Fsp3) is 0.286. The topological polar surface area (TPSA) is 58.6 Å². The third kappa shape index (κ3) is 4.05. The third-order valence-corrected chi connectivity index (χ3v) is 5.65. The molecule has 1 fully saturated rings. The number of piperazine rings is 1. The van der Waals surface area contributed by atoms with E-state index >= 15 is 0 Å². The lowest BCUT2D eigenvalue weighted by atomic mass is 10.1. The van der Waals surface area contributed by atoms with Gasteiger partial charge in [-0.25, -0.2) is 0 Å². The Balaban J connectivity index is 1.43. The Hall–Kier alpha value is -2.77. The van der Waals surface area contributed by atoms with Crippen LogP contribution >= 0.6 is 11.5 Å². The summed E-state index contributed by atoms with van der Waals surface area (Å²) in [5.74, 6) is 0.741. The van der Waals surface area contributed by atoms with Crippen molar-refractivity contribution in [2.45, 2.75) is 6.54 Å². The van der Waals surface area contributed by atoms with Gasteiger partial charge in [0.1, 0.15) is 16.3 Å². The van der Waals surface area contributed by atoms with Gasteiger partial charge in [0.15, 0.2) is 0 Å². The predicted molar refractivity (Wildman–Crippen MR) is 110 cm³/mol. The molecule has 1 aromatic heterocycles. The molecule has 0 atom stereocenters. The highest BCUT2D eigenvalue weighted by atomic mass is 32.1. The number of methoxy groups -OCH3 is 1. The van der Waals surface area contributed by atoms with E-state index in [9.17, 15) is 4.79 Å². The number of aromatic nitrogens is 2. The molecule has 0 aliphatic carbocycles. The third-order valence-electron chi connectivity index (χ3n) is 4.93. The van der Waals surface area contributed by atoms with Crippen molar-refractivity contribution in [2.75, 3.05) is 33.3 Å². The second-order valence-corrected chi connectivity index (χ2v) is 7.49. The van der Waals surface area contributed by atoms with Crippen LogP contribution in [0.3, 0.4) is 0 Å². The number of rotatable bonds is 5. The van der Waals surface area contributed by atoms with Crippen LogP contribution in [0.4, 0.5) is 0 Å². The molecule has 2 heterocycles. The number of amides is 1. The van der Waals surface area contributed by atoms with Crippen LogP contribution in [0.1, 0.15) is 15.2 Å². The van der Waals surface area contributed by atoms with Gasteiger partial charge < -0.3 is 9.64 Å². The van der Waals surface area contributed by atoms with E-state index in [1.807, 2.05) is 35.2 Å². The van der Waals surface area contributed by atoms with Crippen molar-refractivity contribution in [2.24, 2.45) is 0 Å². The number of ether oxygens (including phenoxy) is 1. The van der Waals surface area contributed by atoms with Crippen LogP contribution in [0, 0.1) is 0 Å². The monoisotopic (exact) mass is 394 g/mol. The zero-order valence-corrected chi connectivity index (χ0v) is 16.6. The Labute approximate surface area is 168 Å². The van der Waals surface area contributed by atoms with Crippen LogP contribution < -0.4 is 4.74 Å². The molecule has 7 heteroatoms. The first kappa shape index (κ1) is 18.6. The van der Waals surface area contributed by atoms with Crippen LogP contribution in [0.25, 0.3) is 11.3 Å². The van der Waals surface area contributed by atoms with Gasteiger partial charge in [-0.3, -0.25) is 9.69 Å². The van der Waals surface area contributed by atoms with Crippen molar-refractivity contribution in [1.29, 1.82) is 0 Å². The van der Waals surface area contributed by atoms with Crippen LogP contribution in [-0.2, 0) is 6.54 Å². The Bertz CT molecular complexity index is 936. The molecule has 1 aliphatic rings. The van der Waals surface area contributed by atoms with Gasteiger partial charge in [0, 0.05) is 38.3 Å². The van der Waals surface area contributed by atoms with Crippen molar-refractivity contribution in [1.82, 2.24) is 19.4 Å². The average molecular weight is 395 g/mol. The quantitative estimate of drug-likeness (QED) is 0.665. The highest BCUT2D eigenvalue weighted by Crippen LogP contribution is 2.28. The molecule has 1 saturated heterocycles. The lowest BCUT2D eigenvalue weighted by Crippen LogP contribution is -2.48. The Morgan fingerprint density at radius 2 is 1.86 bits per heavy atom. The minimum absolute atomic E-state index is 0.00665. The minimum Gasteiger partial charge on any atom is -0.497 e. The van der Waals surface area contributed by atoms with Gasteiger partial charge in [0.25, 0.3) is 5.91 Å². The van der Waals surface area contributed by atoms with Gasteiger partial charge in [-0.15, -0.1) is 5.10 Å². The van der Waals surface area contributed by atoms with E-state index in [-0.39, 0.29) is 5.91 Å². The molecule has 0 radical (unpaired) electrons. The molecule has 1 amide bonds. The van der Waals surface area contributed by atoms with Crippen LogP contribution in [0.15, 0.2) is 54.6 Å². The number of nitrogens with zero attached hydrogens (tertiary/aromatic N) is 4. The molecule has 2 aromatic carbocycles. The number of benzene rings is 2. The number of carbonyl (C=O) groups excluding carboxylic acids is 1. The molecule has 0 saturated carbocycles. The van der Waals surface area contributed by atoms with E-state index in [1.54, 1.807) is 7.11 Å². The lowest BCUT2D eigenvalue weighted by molar-refractivity contribution is 0.0633. The molecule has 28 heavy (non-hydrogen) atoms. The van der Waals surface area contributed by atoms with E-state index in [2.05, 4.69) is 38.8 Å². The van der Waals surface area contributed by atoms with Crippen molar-refractivity contribution in [3.05, 3.63) is 65.0 Å². The summed E-state index contributed by atoms with van der Waals surface area (Å²) in [5, 5.41) is 4.20. The van der Waals surface area contributed by atoms with Gasteiger partial charge in [-0.1, -0.05) is 47.0 Å². The molecule has 0 bridgehead atoms. The molecule has 6 nitrogen and oxygen atoms in total. The molecule has 3 aromatic rings. The fourth-order valence-corrected chi connectivity index (χ4v) is 4.04. The van der Waals surface area contributed by atoms with Crippen molar-refractivity contribution < 1.29 is 9.53 Å². The summed E-state index contributed by atoms with van der Waals surface area (Å²) in [5.41, 5.74) is 2.77. The second kappa shape index (κ2) is 8.50. The summed E-state index contributed by atoms with van der Waals surface area (Å²) >= 11 is 1.16. The summed E-state index contributed by atoms with van der Waals surface area (Å²) in [4.78, 5) is 18.0. The molecule has 0 spiro atoms. The first-order valence-electron chi connectivity index (χ1n) is 9.27. The maximum absolute atomic E-state index is 13.1. The predicted octanol–water partition coefficient (Wildman–Crippen LogP) is 3.17. The standard InChI is InChI=1S/C21H22N4O2S/c1-27-18-9-5-8-17(14-18)19-20(28-23-22-19)21(26)25-12-10-24(11-13-25)15-16-6-3-2-4-7-16/h2-9,14H,10-13,15H2,1H3.